The average Bonchev–Trinajstić information content (AvgIpc) is 2.49. The van der Waals surface area contributed by atoms with Gasteiger partial charge in [-0.25, -0.2) is 0 Å². The number of rotatable bonds is 5. The fourth-order valence-corrected chi connectivity index (χ4v) is 1.83. The molecular formula is C10H14ClF3O. The van der Waals surface area contributed by atoms with E-state index < -0.39 is 12.8 Å². The first-order valence-corrected chi connectivity index (χ1v) is 5.39. The third-order valence-electron chi connectivity index (χ3n) is 2.21. The highest BCUT2D eigenvalue weighted by atomic mass is 35.5. The Labute approximate surface area is 92.2 Å². The van der Waals surface area contributed by atoms with Crippen molar-refractivity contribution in [2.45, 2.75) is 37.2 Å². The van der Waals surface area contributed by atoms with Crippen molar-refractivity contribution in [2.75, 3.05) is 13.2 Å². The molecule has 1 nitrogen and oxygen atoms in total. The predicted octanol–water partition coefficient (Wildman–Crippen LogP) is 3.67. The van der Waals surface area contributed by atoms with E-state index in [2.05, 4.69) is 4.74 Å². The molecule has 0 saturated heterocycles. The number of hydrogen-bond donors (Lipinski definition) is 0. The van der Waals surface area contributed by atoms with E-state index in [4.69, 9.17) is 11.6 Å². The molecular weight excluding hydrogens is 229 g/mol. The van der Waals surface area contributed by atoms with Crippen LogP contribution in [0.2, 0.25) is 0 Å². The quantitative estimate of drug-likeness (QED) is 0.406. The molecule has 0 spiro atoms. The first-order chi connectivity index (χ1) is 6.97. The van der Waals surface area contributed by atoms with E-state index in [1.54, 1.807) is 0 Å². The lowest BCUT2D eigenvalue weighted by Gasteiger charge is -2.07. The maximum Gasteiger partial charge on any atom is 0.411 e. The minimum absolute atomic E-state index is 0.107. The Kier molecular flexibility index (Phi) is 4.93. The van der Waals surface area contributed by atoms with Crippen molar-refractivity contribution in [2.24, 2.45) is 0 Å². The number of hydrogen-bond acceptors (Lipinski definition) is 1. The van der Waals surface area contributed by atoms with E-state index in [-0.39, 0.29) is 12.0 Å². The van der Waals surface area contributed by atoms with E-state index in [0.717, 1.165) is 19.3 Å². The molecule has 1 atom stereocenters. The summed E-state index contributed by atoms with van der Waals surface area (Å²) < 4.78 is 39.5. The molecule has 0 bridgehead atoms. The Morgan fingerprint density at radius 3 is 2.73 bits per heavy atom. The summed E-state index contributed by atoms with van der Waals surface area (Å²) in [6, 6.07) is 0. The summed E-state index contributed by atoms with van der Waals surface area (Å²) in [6.07, 6.45) is 1.11. The molecule has 15 heavy (non-hydrogen) atoms. The maximum absolute atomic E-state index is 11.7. The Hall–Kier alpha value is -0.220. The molecule has 0 aromatic heterocycles. The molecule has 1 aliphatic rings. The van der Waals surface area contributed by atoms with Crippen LogP contribution in [0.25, 0.3) is 0 Å². The van der Waals surface area contributed by atoms with Gasteiger partial charge in [-0.3, -0.25) is 0 Å². The van der Waals surface area contributed by atoms with Crippen molar-refractivity contribution in [1.29, 1.82) is 0 Å². The minimum atomic E-state index is -4.21. The largest absolute Gasteiger partial charge is 0.411 e. The molecule has 0 aliphatic heterocycles. The van der Waals surface area contributed by atoms with Crippen molar-refractivity contribution in [3.63, 3.8) is 0 Å². The molecule has 0 fully saturated rings. The second kappa shape index (κ2) is 5.75. The van der Waals surface area contributed by atoms with Crippen LogP contribution in [0.3, 0.4) is 0 Å². The summed E-state index contributed by atoms with van der Waals surface area (Å²) in [5, 5.41) is 0.107. The van der Waals surface area contributed by atoms with Gasteiger partial charge in [-0.15, -0.1) is 11.6 Å². The smallest absolute Gasteiger partial charge is 0.372 e. The van der Waals surface area contributed by atoms with Gasteiger partial charge in [-0.05, 0) is 25.7 Å². The van der Waals surface area contributed by atoms with Crippen LogP contribution in [0, 0.1) is 0 Å². The molecule has 0 radical (unpaired) electrons. The monoisotopic (exact) mass is 242 g/mol. The summed E-state index contributed by atoms with van der Waals surface area (Å²) in [6.45, 7) is -0.992. The van der Waals surface area contributed by atoms with Crippen LogP contribution in [0.5, 0.6) is 0 Å². The van der Waals surface area contributed by atoms with Gasteiger partial charge in [0.25, 0.3) is 0 Å². The fourth-order valence-electron chi connectivity index (χ4n) is 1.54. The molecule has 0 aromatic rings. The lowest BCUT2D eigenvalue weighted by molar-refractivity contribution is -0.174. The molecule has 5 heteroatoms. The van der Waals surface area contributed by atoms with Crippen LogP contribution in [0.1, 0.15) is 25.7 Å². The van der Waals surface area contributed by atoms with Gasteiger partial charge < -0.3 is 4.74 Å². The van der Waals surface area contributed by atoms with Crippen LogP contribution in [-0.2, 0) is 4.74 Å². The highest BCUT2D eigenvalue weighted by molar-refractivity contribution is 6.22. The molecule has 0 heterocycles. The van der Waals surface area contributed by atoms with Gasteiger partial charge in [0.1, 0.15) is 6.61 Å². The maximum atomic E-state index is 11.7. The Morgan fingerprint density at radius 2 is 2.20 bits per heavy atom. The summed E-state index contributed by atoms with van der Waals surface area (Å²) in [5.41, 5.74) is 1.24. The Morgan fingerprint density at radius 1 is 1.47 bits per heavy atom. The van der Waals surface area contributed by atoms with Crippen molar-refractivity contribution in [1.82, 2.24) is 0 Å². The summed E-state index contributed by atoms with van der Waals surface area (Å²) in [4.78, 5) is 0. The van der Waals surface area contributed by atoms with Crippen molar-refractivity contribution < 1.29 is 17.9 Å². The zero-order valence-electron chi connectivity index (χ0n) is 8.32. The van der Waals surface area contributed by atoms with Crippen molar-refractivity contribution in [3.05, 3.63) is 11.6 Å². The van der Waals surface area contributed by atoms with Crippen LogP contribution in [0.15, 0.2) is 11.6 Å². The van der Waals surface area contributed by atoms with E-state index >= 15 is 0 Å². The second-order valence-corrected chi connectivity index (χ2v) is 4.21. The van der Waals surface area contributed by atoms with Gasteiger partial charge in [0.15, 0.2) is 0 Å². The number of allylic oxidation sites excluding steroid dienone is 2. The van der Waals surface area contributed by atoms with E-state index in [1.165, 1.54) is 5.57 Å². The third-order valence-corrected chi connectivity index (χ3v) is 2.55. The Balaban J connectivity index is 2.00. The molecule has 0 saturated carbocycles. The first-order valence-electron chi connectivity index (χ1n) is 4.95. The lowest BCUT2D eigenvalue weighted by atomic mass is 10.1. The molecule has 0 aromatic carbocycles. The highest BCUT2D eigenvalue weighted by Crippen LogP contribution is 2.25. The number of ether oxygens (including phenoxy) is 1. The summed E-state index contributed by atoms with van der Waals surface area (Å²) in [7, 11) is 0. The predicted molar refractivity (Wildman–Crippen MR) is 53.1 cm³/mol. The van der Waals surface area contributed by atoms with Gasteiger partial charge in [0, 0.05) is 6.61 Å². The molecule has 1 unspecified atom stereocenters. The molecule has 0 N–H and O–H groups in total. The second-order valence-electron chi connectivity index (χ2n) is 3.65. The van der Waals surface area contributed by atoms with E-state index in [9.17, 15) is 13.2 Å². The fraction of sp³-hybridized carbons (Fsp3) is 0.800. The minimum Gasteiger partial charge on any atom is -0.372 e. The third kappa shape index (κ3) is 6.05. The Bertz CT molecular complexity index is 225. The molecule has 0 amide bonds. The molecule has 1 aliphatic carbocycles. The molecule has 1 rings (SSSR count). The standard InChI is InChI=1S/C10H14ClF3O/c11-9-4-3-8(6-9)2-1-5-15-7-10(12,13)14/h6,9H,1-5,7H2. The zero-order valence-corrected chi connectivity index (χ0v) is 9.07. The van der Waals surface area contributed by atoms with Crippen LogP contribution >= 0.6 is 11.6 Å². The van der Waals surface area contributed by atoms with E-state index in [0.29, 0.717) is 6.42 Å². The van der Waals surface area contributed by atoms with Gasteiger partial charge >= 0.3 is 6.18 Å². The SMILES string of the molecule is FC(F)(F)COCCCC1=CC(Cl)CC1. The lowest BCUT2D eigenvalue weighted by Crippen LogP contribution is -2.17. The zero-order chi connectivity index (χ0) is 11.3. The van der Waals surface area contributed by atoms with Crippen LogP contribution < -0.4 is 0 Å². The topological polar surface area (TPSA) is 9.23 Å². The summed E-state index contributed by atoms with van der Waals surface area (Å²) in [5.74, 6) is 0. The van der Waals surface area contributed by atoms with E-state index in [1.807, 2.05) is 6.08 Å². The average molecular weight is 243 g/mol. The van der Waals surface area contributed by atoms with Gasteiger partial charge in [0.2, 0.25) is 0 Å². The number of alkyl halides is 4. The van der Waals surface area contributed by atoms with Gasteiger partial charge in [-0.1, -0.05) is 11.6 Å². The highest BCUT2D eigenvalue weighted by Gasteiger charge is 2.27. The van der Waals surface area contributed by atoms with Crippen LogP contribution in [-0.4, -0.2) is 24.8 Å². The van der Waals surface area contributed by atoms with Crippen molar-refractivity contribution in [3.8, 4) is 0 Å². The van der Waals surface area contributed by atoms with Crippen molar-refractivity contribution >= 4 is 11.6 Å². The molecule has 88 valence electrons. The first kappa shape index (κ1) is 12.8. The summed E-state index contributed by atoms with van der Waals surface area (Å²) >= 11 is 5.85. The number of halogens is 4. The normalized spacial score (nSPS) is 21.9. The van der Waals surface area contributed by atoms with Gasteiger partial charge in [0.05, 0.1) is 5.38 Å². The van der Waals surface area contributed by atoms with Crippen LogP contribution in [0.4, 0.5) is 13.2 Å². The van der Waals surface area contributed by atoms with Gasteiger partial charge in [-0.2, -0.15) is 13.2 Å².